The molecule has 19 heavy (non-hydrogen) atoms. The number of ether oxygens (including phenoxy) is 1. The number of rotatable bonds is 3. The number of quaternary nitrogens is 1. The van der Waals surface area contributed by atoms with Gasteiger partial charge in [-0.2, -0.15) is 0 Å². The van der Waals surface area contributed by atoms with Gasteiger partial charge < -0.3 is 31.3 Å². The van der Waals surface area contributed by atoms with E-state index in [1.807, 2.05) is 6.07 Å². The number of benzene rings is 1. The Bertz CT molecular complexity index is 422. The molecule has 4 nitrogen and oxygen atoms in total. The number of carbonyl (C=O) groups excluding carboxylic acids is 1. The summed E-state index contributed by atoms with van der Waals surface area (Å²) in [5.74, 6) is -0.548. The Balaban J connectivity index is 0.00000180. The zero-order chi connectivity index (χ0) is 13.2. The fourth-order valence-corrected chi connectivity index (χ4v) is 2.32. The molecule has 0 saturated carbocycles. The first-order chi connectivity index (χ1) is 8.48. The van der Waals surface area contributed by atoms with E-state index in [0.29, 0.717) is 5.56 Å². The molecule has 5 heteroatoms. The first-order valence-corrected chi connectivity index (χ1v) is 6.23. The lowest BCUT2D eigenvalue weighted by Crippen LogP contribution is -3.00. The number of hydrogen-bond donors (Lipinski definition) is 1. The number of halogens is 1. The number of nitrogens with zero attached hydrogens (tertiary/aromatic N) is 1. The summed E-state index contributed by atoms with van der Waals surface area (Å²) < 4.78 is 6.22. The number of esters is 1. The van der Waals surface area contributed by atoms with Gasteiger partial charge in [0.2, 0.25) is 0 Å². The highest BCUT2D eigenvalue weighted by Gasteiger charge is 2.34. The highest BCUT2D eigenvalue weighted by atomic mass is 79.9. The summed E-state index contributed by atoms with van der Waals surface area (Å²) in [5, 5.41) is 9.90. The SMILES string of the molecule is C[N+]1(C)CCC(OC(=O)C(O)c2ccccc2)C1.[Br-]. The first-order valence-electron chi connectivity index (χ1n) is 6.23. The first kappa shape index (κ1) is 16.1. The molecule has 1 aromatic rings. The molecule has 106 valence electrons. The van der Waals surface area contributed by atoms with Crippen LogP contribution in [0.25, 0.3) is 0 Å². The molecule has 1 fully saturated rings. The van der Waals surface area contributed by atoms with E-state index in [9.17, 15) is 9.90 Å². The van der Waals surface area contributed by atoms with Crippen LogP contribution in [0.15, 0.2) is 30.3 Å². The molecular formula is C14H20BrNO3. The maximum atomic E-state index is 11.8. The van der Waals surface area contributed by atoms with Gasteiger partial charge in [-0.25, -0.2) is 4.79 Å². The summed E-state index contributed by atoms with van der Waals surface area (Å²) in [6.07, 6.45) is -0.395. The minimum absolute atomic E-state index is 0. The highest BCUT2D eigenvalue weighted by molar-refractivity contribution is 5.76. The van der Waals surface area contributed by atoms with Crippen molar-refractivity contribution >= 4 is 5.97 Å². The molecule has 0 bridgehead atoms. The van der Waals surface area contributed by atoms with Gasteiger partial charge in [-0.15, -0.1) is 0 Å². The Morgan fingerprint density at radius 1 is 1.37 bits per heavy atom. The number of hydrogen-bond acceptors (Lipinski definition) is 3. The van der Waals surface area contributed by atoms with Gasteiger partial charge in [0.15, 0.2) is 12.2 Å². The molecule has 1 aromatic carbocycles. The second kappa shape index (κ2) is 6.50. The van der Waals surface area contributed by atoms with Crippen molar-refractivity contribution in [2.24, 2.45) is 0 Å². The molecule has 1 N–H and O–H groups in total. The van der Waals surface area contributed by atoms with Crippen molar-refractivity contribution in [1.29, 1.82) is 0 Å². The van der Waals surface area contributed by atoms with E-state index in [1.54, 1.807) is 24.3 Å². The number of aliphatic hydroxyl groups is 1. The molecule has 1 heterocycles. The van der Waals surface area contributed by atoms with Gasteiger partial charge >= 0.3 is 5.97 Å². The highest BCUT2D eigenvalue weighted by Crippen LogP contribution is 2.20. The summed E-state index contributed by atoms with van der Waals surface area (Å²) in [6.45, 7) is 1.81. The fourth-order valence-electron chi connectivity index (χ4n) is 2.32. The third-order valence-corrected chi connectivity index (χ3v) is 3.38. The van der Waals surface area contributed by atoms with E-state index >= 15 is 0 Å². The van der Waals surface area contributed by atoms with Crippen LogP contribution in [-0.4, -0.2) is 48.8 Å². The van der Waals surface area contributed by atoms with Gasteiger partial charge in [-0.05, 0) is 5.56 Å². The Kier molecular flexibility index (Phi) is 5.52. The molecule has 1 aliphatic rings. The number of likely N-dealkylation sites (tertiary alicyclic amines) is 1. The summed E-state index contributed by atoms with van der Waals surface area (Å²) in [4.78, 5) is 11.8. The molecule has 1 aliphatic heterocycles. The normalized spacial score (nSPS) is 22.4. The molecule has 0 amide bonds. The smallest absolute Gasteiger partial charge is 0.340 e. The summed E-state index contributed by atoms with van der Waals surface area (Å²) >= 11 is 0. The molecule has 0 spiro atoms. The van der Waals surface area contributed by atoms with E-state index in [2.05, 4.69) is 14.1 Å². The van der Waals surface area contributed by atoms with Gasteiger partial charge in [0.05, 0.1) is 20.6 Å². The molecule has 2 unspecified atom stereocenters. The number of aliphatic hydroxyl groups excluding tert-OH is 1. The van der Waals surface area contributed by atoms with Crippen molar-refractivity contribution in [2.45, 2.75) is 18.6 Å². The predicted molar refractivity (Wildman–Crippen MR) is 67.7 cm³/mol. The van der Waals surface area contributed by atoms with Crippen LogP contribution in [-0.2, 0) is 9.53 Å². The molecular weight excluding hydrogens is 310 g/mol. The van der Waals surface area contributed by atoms with Crippen molar-refractivity contribution in [3.63, 3.8) is 0 Å². The lowest BCUT2D eigenvalue weighted by molar-refractivity contribution is -0.879. The molecule has 0 aliphatic carbocycles. The standard InChI is InChI=1S/C14H20NO3.BrH/c1-15(2)9-8-12(10-15)18-14(17)13(16)11-6-4-3-5-7-11;/h3-7,12-13,16H,8-10H2,1-2H3;1H/q+1;/p-1. The van der Waals surface area contributed by atoms with Crippen molar-refractivity contribution in [3.05, 3.63) is 35.9 Å². The molecule has 0 radical (unpaired) electrons. The summed E-state index contributed by atoms with van der Waals surface area (Å²) in [6, 6.07) is 8.88. The largest absolute Gasteiger partial charge is 1.00 e. The predicted octanol–water partition coefficient (Wildman–Crippen LogP) is -1.88. The maximum Gasteiger partial charge on any atom is 0.340 e. The van der Waals surface area contributed by atoms with Gasteiger partial charge in [0.25, 0.3) is 0 Å². The summed E-state index contributed by atoms with van der Waals surface area (Å²) in [5.41, 5.74) is 0.578. The minimum Gasteiger partial charge on any atom is -1.00 e. The van der Waals surface area contributed by atoms with Crippen LogP contribution < -0.4 is 17.0 Å². The average molecular weight is 330 g/mol. The van der Waals surface area contributed by atoms with Crippen molar-refractivity contribution in [3.8, 4) is 0 Å². The van der Waals surface area contributed by atoms with E-state index in [4.69, 9.17) is 4.74 Å². The Hall–Kier alpha value is -0.910. The van der Waals surface area contributed by atoms with Crippen LogP contribution >= 0.6 is 0 Å². The van der Waals surface area contributed by atoms with Gasteiger partial charge in [-0.1, -0.05) is 30.3 Å². The fraction of sp³-hybridized carbons (Fsp3) is 0.500. The Morgan fingerprint density at radius 3 is 2.53 bits per heavy atom. The third-order valence-electron chi connectivity index (χ3n) is 3.38. The van der Waals surface area contributed by atoms with Crippen LogP contribution in [0.5, 0.6) is 0 Å². The molecule has 1 saturated heterocycles. The van der Waals surface area contributed by atoms with Crippen LogP contribution in [0, 0.1) is 0 Å². The van der Waals surface area contributed by atoms with E-state index in [0.717, 1.165) is 24.0 Å². The lowest BCUT2D eigenvalue weighted by Gasteiger charge is -2.23. The minimum atomic E-state index is -1.18. The lowest BCUT2D eigenvalue weighted by atomic mass is 10.1. The van der Waals surface area contributed by atoms with Crippen molar-refractivity contribution in [1.82, 2.24) is 0 Å². The topological polar surface area (TPSA) is 46.5 Å². The zero-order valence-electron chi connectivity index (χ0n) is 11.3. The van der Waals surface area contributed by atoms with Gasteiger partial charge in [0.1, 0.15) is 6.54 Å². The molecule has 2 rings (SSSR count). The zero-order valence-corrected chi connectivity index (χ0v) is 12.8. The van der Waals surface area contributed by atoms with E-state index in [1.165, 1.54) is 0 Å². The van der Waals surface area contributed by atoms with E-state index in [-0.39, 0.29) is 23.1 Å². The average Bonchev–Trinajstić information content (AvgIpc) is 2.68. The summed E-state index contributed by atoms with van der Waals surface area (Å²) in [7, 11) is 4.23. The van der Waals surface area contributed by atoms with E-state index < -0.39 is 12.1 Å². The third kappa shape index (κ3) is 4.30. The maximum absolute atomic E-state index is 11.8. The molecule has 0 aromatic heterocycles. The molecule has 2 atom stereocenters. The van der Waals surface area contributed by atoms with Gasteiger partial charge in [0, 0.05) is 6.42 Å². The van der Waals surface area contributed by atoms with Crippen LogP contribution in [0.2, 0.25) is 0 Å². The van der Waals surface area contributed by atoms with Crippen LogP contribution in [0.1, 0.15) is 18.1 Å². The van der Waals surface area contributed by atoms with Gasteiger partial charge in [-0.3, -0.25) is 0 Å². The Labute approximate surface area is 124 Å². The number of likely N-dealkylation sites (N-methyl/N-ethyl adjacent to an activating group) is 1. The van der Waals surface area contributed by atoms with Crippen LogP contribution in [0.3, 0.4) is 0 Å². The second-order valence-corrected chi connectivity index (χ2v) is 5.50. The van der Waals surface area contributed by atoms with Crippen molar-refractivity contribution in [2.75, 3.05) is 27.2 Å². The van der Waals surface area contributed by atoms with Crippen molar-refractivity contribution < 1.29 is 36.1 Å². The van der Waals surface area contributed by atoms with Crippen LogP contribution in [0.4, 0.5) is 0 Å². The quantitative estimate of drug-likeness (QED) is 0.521. The second-order valence-electron chi connectivity index (χ2n) is 5.50. The monoisotopic (exact) mass is 329 g/mol. The Morgan fingerprint density at radius 2 is 2.00 bits per heavy atom. The number of carbonyl (C=O) groups is 1.